The van der Waals surface area contributed by atoms with Crippen molar-refractivity contribution >= 4 is 0 Å². The molecule has 0 saturated heterocycles. The van der Waals surface area contributed by atoms with E-state index in [1.54, 1.807) is 0 Å². The first kappa shape index (κ1) is 18.5. The highest BCUT2D eigenvalue weighted by Gasteiger charge is 2.20. The molecule has 0 saturated carbocycles. The molecule has 2 nitrogen and oxygen atoms in total. The first-order chi connectivity index (χ1) is 11.6. The Hall–Kier alpha value is -1.84. The number of methoxy groups -OCH3 is 1. The van der Waals surface area contributed by atoms with Gasteiger partial charge in [-0.15, -0.1) is 0 Å². The van der Waals surface area contributed by atoms with E-state index in [4.69, 9.17) is 9.47 Å². The van der Waals surface area contributed by atoms with E-state index < -0.39 is 11.6 Å². The smallest absolute Gasteiger partial charge is 0.204 e. The Labute approximate surface area is 143 Å². The van der Waals surface area contributed by atoms with Crippen LogP contribution < -0.4 is 9.47 Å². The van der Waals surface area contributed by atoms with E-state index in [0.29, 0.717) is 18.4 Å². The van der Waals surface area contributed by atoms with Crippen molar-refractivity contribution < 1.29 is 18.3 Å². The van der Waals surface area contributed by atoms with Crippen LogP contribution in [0.15, 0.2) is 35.9 Å². The van der Waals surface area contributed by atoms with Crippen LogP contribution in [0.25, 0.3) is 0 Å². The summed E-state index contributed by atoms with van der Waals surface area (Å²) in [5.41, 5.74) is 1.49. The molecule has 24 heavy (non-hydrogen) atoms. The van der Waals surface area contributed by atoms with Gasteiger partial charge in [-0.1, -0.05) is 30.7 Å². The van der Waals surface area contributed by atoms with Gasteiger partial charge in [-0.3, -0.25) is 0 Å². The van der Waals surface area contributed by atoms with E-state index in [-0.39, 0.29) is 11.5 Å². The topological polar surface area (TPSA) is 18.5 Å². The van der Waals surface area contributed by atoms with Gasteiger partial charge in [0.25, 0.3) is 0 Å². The summed E-state index contributed by atoms with van der Waals surface area (Å²) in [6.45, 7) is 4.68. The molecule has 0 bridgehead atoms. The normalized spacial score (nSPS) is 19.2. The zero-order valence-corrected chi connectivity index (χ0v) is 14.6. The number of halogens is 2. The van der Waals surface area contributed by atoms with Crippen LogP contribution >= 0.6 is 0 Å². The Morgan fingerprint density at radius 2 is 1.96 bits per heavy atom. The Kier molecular flexibility index (Phi) is 6.83. The fourth-order valence-corrected chi connectivity index (χ4v) is 2.99. The van der Waals surface area contributed by atoms with Crippen LogP contribution in [0.2, 0.25) is 0 Å². The second-order valence-electron chi connectivity index (χ2n) is 6.33. The summed E-state index contributed by atoms with van der Waals surface area (Å²) in [6, 6.07) is 2.80. The molecule has 0 aliphatic heterocycles. The molecular formula is C20H26F2O2. The maximum atomic E-state index is 13.9. The predicted octanol–water partition coefficient (Wildman–Crippen LogP) is 5.68. The molecule has 1 aliphatic rings. The molecule has 0 N–H and O–H groups in total. The fraction of sp³-hybridized carbons (Fsp3) is 0.500. The first-order valence-corrected chi connectivity index (χ1v) is 8.51. The number of allylic oxidation sites excluding steroid dienone is 4. The van der Waals surface area contributed by atoms with Crippen LogP contribution in [-0.2, 0) is 0 Å². The summed E-state index contributed by atoms with van der Waals surface area (Å²) in [6.07, 6.45) is 10.6. The predicted molar refractivity (Wildman–Crippen MR) is 92.4 cm³/mol. The van der Waals surface area contributed by atoms with Gasteiger partial charge >= 0.3 is 0 Å². The molecule has 0 radical (unpaired) electrons. The maximum absolute atomic E-state index is 13.9. The van der Waals surface area contributed by atoms with Gasteiger partial charge in [0.05, 0.1) is 13.7 Å². The second kappa shape index (κ2) is 8.86. The van der Waals surface area contributed by atoms with Crippen LogP contribution in [-0.4, -0.2) is 13.7 Å². The zero-order valence-electron chi connectivity index (χ0n) is 14.6. The van der Waals surface area contributed by atoms with Gasteiger partial charge in [-0.05, 0) is 56.6 Å². The third kappa shape index (κ3) is 4.59. The van der Waals surface area contributed by atoms with Gasteiger partial charge in [0.1, 0.15) is 0 Å². The lowest BCUT2D eigenvalue weighted by atomic mass is 9.83. The van der Waals surface area contributed by atoms with Crippen LogP contribution in [0.5, 0.6) is 11.5 Å². The van der Waals surface area contributed by atoms with E-state index >= 15 is 0 Å². The summed E-state index contributed by atoms with van der Waals surface area (Å²) in [7, 11) is 1.31. The molecule has 1 aromatic carbocycles. The lowest BCUT2D eigenvalue weighted by Gasteiger charge is -2.25. The molecule has 2 unspecified atom stereocenters. The third-order valence-corrected chi connectivity index (χ3v) is 4.62. The summed E-state index contributed by atoms with van der Waals surface area (Å²) in [5.74, 6) is -1.24. The van der Waals surface area contributed by atoms with Crippen LogP contribution in [0, 0.1) is 23.5 Å². The number of hydrogen-bond donors (Lipinski definition) is 0. The Balaban J connectivity index is 1.89. The molecule has 0 amide bonds. The van der Waals surface area contributed by atoms with E-state index in [2.05, 4.69) is 25.2 Å². The molecule has 0 spiro atoms. The SMILES string of the molecule is CC=CCC(C)C1=CCC(COc2ccc(OC)c(F)c2F)CC1. The molecule has 4 heteroatoms. The Morgan fingerprint density at radius 1 is 1.25 bits per heavy atom. The molecule has 1 aromatic rings. The quantitative estimate of drug-likeness (QED) is 0.596. The van der Waals surface area contributed by atoms with Crippen molar-refractivity contribution in [3.63, 3.8) is 0 Å². The zero-order chi connectivity index (χ0) is 17.5. The molecule has 0 fully saturated rings. The van der Waals surface area contributed by atoms with Crippen LogP contribution in [0.4, 0.5) is 8.78 Å². The molecule has 1 aliphatic carbocycles. The average Bonchev–Trinajstić information content (AvgIpc) is 2.61. The molecule has 132 valence electrons. The minimum Gasteiger partial charge on any atom is -0.494 e. The molecule has 2 rings (SSSR count). The van der Waals surface area contributed by atoms with Crippen molar-refractivity contribution in [1.29, 1.82) is 0 Å². The Bertz CT molecular complexity index is 608. The van der Waals surface area contributed by atoms with Gasteiger partial charge in [0.2, 0.25) is 11.6 Å². The fourth-order valence-electron chi connectivity index (χ4n) is 2.99. The molecule has 0 heterocycles. The van der Waals surface area contributed by atoms with Crippen LogP contribution in [0.3, 0.4) is 0 Å². The van der Waals surface area contributed by atoms with Gasteiger partial charge in [0, 0.05) is 0 Å². The number of benzene rings is 1. The average molecular weight is 336 g/mol. The Morgan fingerprint density at radius 3 is 2.58 bits per heavy atom. The standard InChI is InChI=1S/C20H26F2O2/c1-4-5-6-14(2)16-9-7-15(8-10-16)13-24-18-12-11-17(23-3)19(21)20(18)22/h4-5,9,11-12,14-15H,6-8,10,13H2,1-3H3. The van der Waals surface area contributed by atoms with Crippen molar-refractivity contribution in [2.45, 2.75) is 39.5 Å². The van der Waals surface area contributed by atoms with E-state index in [9.17, 15) is 8.78 Å². The van der Waals surface area contributed by atoms with E-state index in [1.807, 2.05) is 6.92 Å². The third-order valence-electron chi connectivity index (χ3n) is 4.62. The van der Waals surface area contributed by atoms with Gasteiger partial charge in [-0.2, -0.15) is 8.78 Å². The number of hydrogen-bond acceptors (Lipinski definition) is 2. The number of ether oxygens (including phenoxy) is 2. The summed E-state index contributed by atoms with van der Waals surface area (Å²) < 4.78 is 37.8. The summed E-state index contributed by atoms with van der Waals surface area (Å²) >= 11 is 0. The summed E-state index contributed by atoms with van der Waals surface area (Å²) in [4.78, 5) is 0. The maximum Gasteiger partial charge on any atom is 0.204 e. The monoisotopic (exact) mass is 336 g/mol. The van der Waals surface area contributed by atoms with E-state index in [0.717, 1.165) is 25.7 Å². The first-order valence-electron chi connectivity index (χ1n) is 8.51. The van der Waals surface area contributed by atoms with Crippen molar-refractivity contribution in [3.05, 3.63) is 47.6 Å². The molecule has 2 atom stereocenters. The second-order valence-corrected chi connectivity index (χ2v) is 6.33. The van der Waals surface area contributed by atoms with Crippen LogP contribution in [0.1, 0.15) is 39.5 Å². The van der Waals surface area contributed by atoms with Gasteiger partial charge in [0.15, 0.2) is 11.5 Å². The molecule has 0 aromatic heterocycles. The lowest BCUT2D eigenvalue weighted by molar-refractivity contribution is 0.223. The van der Waals surface area contributed by atoms with Gasteiger partial charge < -0.3 is 9.47 Å². The van der Waals surface area contributed by atoms with Crippen molar-refractivity contribution in [2.75, 3.05) is 13.7 Å². The van der Waals surface area contributed by atoms with Gasteiger partial charge in [-0.25, -0.2) is 0 Å². The molecular weight excluding hydrogens is 310 g/mol. The largest absolute Gasteiger partial charge is 0.494 e. The summed E-state index contributed by atoms with van der Waals surface area (Å²) in [5, 5.41) is 0. The van der Waals surface area contributed by atoms with Crippen molar-refractivity contribution in [1.82, 2.24) is 0 Å². The van der Waals surface area contributed by atoms with E-state index in [1.165, 1.54) is 24.8 Å². The number of rotatable bonds is 7. The van der Waals surface area contributed by atoms with Crippen molar-refractivity contribution in [3.8, 4) is 11.5 Å². The lowest BCUT2D eigenvalue weighted by Crippen LogP contribution is -2.17. The minimum absolute atomic E-state index is 0.0514. The minimum atomic E-state index is -1.00. The van der Waals surface area contributed by atoms with Crippen molar-refractivity contribution in [2.24, 2.45) is 11.8 Å². The highest BCUT2D eigenvalue weighted by molar-refractivity contribution is 5.34. The highest BCUT2D eigenvalue weighted by atomic mass is 19.2. The highest BCUT2D eigenvalue weighted by Crippen LogP contribution is 2.32.